The zero-order chi connectivity index (χ0) is 21.3. The van der Waals surface area contributed by atoms with Crippen LogP contribution in [0, 0.1) is 12.7 Å². The summed E-state index contributed by atoms with van der Waals surface area (Å²) in [6.45, 7) is 1.82. The molecule has 11 heteroatoms. The Kier molecular flexibility index (Phi) is 5.36. The summed E-state index contributed by atoms with van der Waals surface area (Å²) in [5, 5.41) is 14.1. The summed E-state index contributed by atoms with van der Waals surface area (Å²) < 4.78 is 59.1. The van der Waals surface area contributed by atoms with Crippen molar-refractivity contribution in [3.63, 3.8) is 0 Å². The normalized spacial score (nSPS) is 13.7. The molecule has 0 aliphatic heterocycles. The smallest absolute Gasteiger partial charge is 0.293 e. The first-order valence-electron chi connectivity index (χ1n) is 8.88. The van der Waals surface area contributed by atoms with Crippen LogP contribution in [0.4, 0.5) is 29.2 Å². The minimum atomic E-state index is -3.37. The molecule has 2 unspecified atom stereocenters. The maximum absolute atomic E-state index is 13.8. The van der Waals surface area contributed by atoms with E-state index < -0.39 is 24.7 Å². The molecule has 156 valence electrons. The molecule has 0 aliphatic rings. The largest absolute Gasteiger partial charge is 0.327 e. The number of nitrogens with one attached hydrogen (secondary N) is 2. The lowest BCUT2D eigenvalue weighted by Crippen LogP contribution is -2.23. The number of rotatable bonds is 7. The zero-order valence-corrected chi connectivity index (χ0v) is 15.6. The maximum Gasteiger partial charge on any atom is 0.293 e. The molecular weight excluding hydrogens is 404 g/mol. The van der Waals surface area contributed by atoms with Crippen LogP contribution in [0.3, 0.4) is 0 Å². The van der Waals surface area contributed by atoms with Gasteiger partial charge in [-0.2, -0.15) is 5.10 Å². The Balaban J connectivity index is 1.79. The number of H-pyrrole nitrogens is 1. The maximum atomic E-state index is 13.8. The molecule has 1 aromatic carbocycles. The van der Waals surface area contributed by atoms with Crippen LogP contribution in [0.1, 0.15) is 23.2 Å². The average Bonchev–Trinajstić information content (AvgIpc) is 3.35. The minimum absolute atomic E-state index is 0.0941. The fourth-order valence-corrected chi connectivity index (χ4v) is 2.87. The van der Waals surface area contributed by atoms with Gasteiger partial charge in [-0.15, -0.1) is 5.10 Å². The van der Waals surface area contributed by atoms with Gasteiger partial charge in [0.15, 0.2) is 17.5 Å². The molecule has 0 fully saturated rings. The highest BCUT2D eigenvalue weighted by Crippen LogP contribution is 2.29. The molecule has 3 heterocycles. The first-order chi connectivity index (χ1) is 14.4. The van der Waals surface area contributed by atoms with E-state index >= 15 is 0 Å². The van der Waals surface area contributed by atoms with Gasteiger partial charge in [0, 0.05) is 18.0 Å². The van der Waals surface area contributed by atoms with E-state index in [4.69, 9.17) is 4.74 Å². The fourth-order valence-electron chi connectivity index (χ4n) is 2.87. The number of hydrogen-bond acceptors (Lipinski definition) is 5. The number of aromatic nitrogens is 5. The van der Waals surface area contributed by atoms with Crippen molar-refractivity contribution >= 4 is 17.2 Å². The number of aryl methyl sites for hydroxylation is 1. The third kappa shape index (κ3) is 4.10. The van der Waals surface area contributed by atoms with E-state index in [9.17, 15) is 17.6 Å². The molecule has 7 nitrogen and oxygen atoms in total. The second kappa shape index (κ2) is 8.11. The second-order valence-electron chi connectivity index (χ2n) is 6.47. The summed E-state index contributed by atoms with van der Waals surface area (Å²) in [5.41, 5.74) is 1.60. The van der Waals surface area contributed by atoms with E-state index in [1.807, 2.05) is 6.92 Å². The molecule has 0 radical (unpaired) electrons. The van der Waals surface area contributed by atoms with Gasteiger partial charge in [-0.25, -0.2) is 27.1 Å². The lowest BCUT2D eigenvalue weighted by atomic mass is 10.1. The van der Waals surface area contributed by atoms with Crippen molar-refractivity contribution in [3.05, 3.63) is 71.6 Å². The molecule has 0 bridgehead atoms. The first-order valence-corrected chi connectivity index (χ1v) is 8.88. The van der Waals surface area contributed by atoms with E-state index in [0.29, 0.717) is 17.2 Å². The number of halogens is 4. The van der Waals surface area contributed by atoms with Crippen LogP contribution in [0.2, 0.25) is 0 Å². The molecule has 2 atom stereocenters. The van der Waals surface area contributed by atoms with Crippen molar-refractivity contribution in [1.29, 1.82) is 0 Å². The second-order valence-corrected chi connectivity index (χ2v) is 6.47. The molecule has 30 heavy (non-hydrogen) atoms. The Morgan fingerprint density at radius 3 is 2.57 bits per heavy atom. The molecule has 0 aliphatic carbocycles. The van der Waals surface area contributed by atoms with Crippen molar-refractivity contribution in [2.45, 2.75) is 25.8 Å². The van der Waals surface area contributed by atoms with Gasteiger partial charge < -0.3 is 10.1 Å². The topological polar surface area (TPSA) is 80.1 Å². The number of hydrogen-bond donors (Lipinski definition) is 2. The lowest BCUT2D eigenvalue weighted by molar-refractivity contribution is -0.151. The zero-order valence-electron chi connectivity index (χ0n) is 15.6. The molecule has 0 spiro atoms. The Hall–Kier alpha value is -3.47. The van der Waals surface area contributed by atoms with E-state index in [-0.39, 0.29) is 11.4 Å². The predicted octanol–water partition coefficient (Wildman–Crippen LogP) is 4.31. The van der Waals surface area contributed by atoms with E-state index in [1.54, 1.807) is 24.4 Å². The van der Waals surface area contributed by atoms with E-state index in [2.05, 4.69) is 25.6 Å². The van der Waals surface area contributed by atoms with E-state index in [1.165, 1.54) is 16.6 Å². The molecule has 0 amide bonds. The minimum Gasteiger partial charge on any atom is -0.327 e. The van der Waals surface area contributed by atoms with Gasteiger partial charge in [-0.1, -0.05) is 12.1 Å². The summed E-state index contributed by atoms with van der Waals surface area (Å²) in [7, 11) is 0. The van der Waals surface area contributed by atoms with Crippen LogP contribution in [0.15, 0.2) is 48.7 Å². The van der Waals surface area contributed by atoms with Crippen molar-refractivity contribution in [2.24, 2.45) is 0 Å². The van der Waals surface area contributed by atoms with Gasteiger partial charge in [0.2, 0.25) is 0 Å². The Labute approximate surface area is 167 Å². The van der Waals surface area contributed by atoms with Gasteiger partial charge in [0.05, 0.1) is 0 Å². The van der Waals surface area contributed by atoms with Gasteiger partial charge >= 0.3 is 0 Å². The molecular formula is C19H16F4N6O. The number of anilines is 2. The first kappa shape index (κ1) is 19.8. The Bertz CT molecular complexity index is 1140. The summed E-state index contributed by atoms with van der Waals surface area (Å²) in [4.78, 5) is 4.36. The van der Waals surface area contributed by atoms with Gasteiger partial charge in [0.25, 0.3) is 12.8 Å². The van der Waals surface area contributed by atoms with Crippen molar-refractivity contribution < 1.29 is 22.3 Å². The summed E-state index contributed by atoms with van der Waals surface area (Å²) in [6.07, 6.45) is -6.03. The quantitative estimate of drug-likeness (QED) is 0.436. The monoisotopic (exact) mass is 420 g/mol. The molecule has 4 aromatic rings. The van der Waals surface area contributed by atoms with Crippen LogP contribution < -0.4 is 5.32 Å². The van der Waals surface area contributed by atoms with Crippen LogP contribution in [-0.4, -0.2) is 37.6 Å². The molecule has 3 aromatic heterocycles. The Morgan fingerprint density at radius 1 is 1.13 bits per heavy atom. The number of fused-ring (bicyclic) bond motifs is 1. The van der Waals surface area contributed by atoms with Crippen LogP contribution in [-0.2, 0) is 4.74 Å². The number of ether oxygens (including phenoxy) is 1. The fraction of sp³-hybridized carbons (Fsp3) is 0.211. The SMILES string of the molecule is Cc1cc(Nc2nc(C(OC(F)C(F)F)c3ccc(F)cc3)nn3cccc23)n[nH]1. The van der Waals surface area contributed by atoms with Crippen molar-refractivity contribution in [3.8, 4) is 0 Å². The molecule has 0 saturated carbocycles. The van der Waals surface area contributed by atoms with Crippen LogP contribution in [0.25, 0.3) is 5.52 Å². The molecule has 4 rings (SSSR count). The summed E-state index contributed by atoms with van der Waals surface area (Å²) in [5.74, 6) is 0.139. The molecule has 0 saturated heterocycles. The third-order valence-electron chi connectivity index (χ3n) is 4.23. The van der Waals surface area contributed by atoms with Crippen LogP contribution in [0.5, 0.6) is 0 Å². The highest BCUT2D eigenvalue weighted by molar-refractivity contribution is 5.72. The van der Waals surface area contributed by atoms with Crippen LogP contribution >= 0.6 is 0 Å². The molecule has 2 N–H and O–H groups in total. The van der Waals surface area contributed by atoms with Gasteiger partial charge in [0.1, 0.15) is 17.4 Å². The summed E-state index contributed by atoms with van der Waals surface area (Å²) in [6, 6.07) is 10.00. The van der Waals surface area contributed by atoms with Crippen molar-refractivity contribution in [1.82, 2.24) is 24.8 Å². The van der Waals surface area contributed by atoms with Gasteiger partial charge in [-0.05, 0) is 36.8 Å². The Morgan fingerprint density at radius 2 is 1.90 bits per heavy atom. The number of nitrogens with zero attached hydrogens (tertiary/aromatic N) is 4. The number of aromatic amines is 1. The highest BCUT2D eigenvalue weighted by atomic mass is 19.3. The van der Waals surface area contributed by atoms with Crippen molar-refractivity contribution in [2.75, 3.05) is 5.32 Å². The number of alkyl halides is 3. The number of benzene rings is 1. The highest BCUT2D eigenvalue weighted by Gasteiger charge is 2.29. The predicted molar refractivity (Wildman–Crippen MR) is 99.8 cm³/mol. The van der Waals surface area contributed by atoms with Gasteiger partial charge in [-0.3, -0.25) is 5.10 Å². The lowest BCUT2D eigenvalue weighted by Gasteiger charge is -2.20. The average molecular weight is 420 g/mol. The standard InChI is InChI=1S/C19H16F4N6O/c1-10-9-14(27-26-10)24-18-13-3-2-8-29(13)28-19(25-18)15(30-17(23)16(21)22)11-4-6-12(20)7-5-11/h2-9,15-17H,1H3,(H2,24,25,26,27,28). The summed E-state index contributed by atoms with van der Waals surface area (Å²) >= 11 is 0. The van der Waals surface area contributed by atoms with E-state index in [0.717, 1.165) is 17.8 Å². The third-order valence-corrected chi connectivity index (χ3v) is 4.23.